The Labute approximate surface area is 134 Å². The van der Waals surface area contributed by atoms with Gasteiger partial charge < -0.3 is 5.11 Å². The summed E-state index contributed by atoms with van der Waals surface area (Å²) in [6.45, 7) is 0.296. The molecule has 0 spiro atoms. The number of rotatable bonds is 6. The van der Waals surface area contributed by atoms with Crippen LogP contribution < -0.4 is 4.72 Å². The molecule has 0 aliphatic heterocycles. The van der Waals surface area contributed by atoms with Crippen LogP contribution in [0.1, 0.15) is 18.4 Å². The number of hydrogen-bond donors (Lipinski definition) is 2. The molecular weight excluding hydrogens is 316 g/mol. The summed E-state index contributed by atoms with van der Waals surface area (Å²) in [5, 5.41) is 9.25. The fourth-order valence-electron chi connectivity index (χ4n) is 2.84. The molecule has 1 aliphatic rings. The van der Waals surface area contributed by atoms with Crippen molar-refractivity contribution < 1.29 is 18.3 Å². The summed E-state index contributed by atoms with van der Waals surface area (Å²) in [6, 6.07) is 9.62. The Morgan fingerprint density at radius 1 is 1.26 bits per heavy atom. The molecule has 0 atom stereocenters. The van der Waals surface area contributed by atoms with Crippen molar-refractivity contribution in [3.8, 4) is 0 Å². The van der Waals surface area contributed by atoms with E-state index < -0.39 is 27.2 Å². The fraction of sp³-hybridized carbons (Fsp3) is 0.375. The summed E-state index contributed by atoms with van der Waals surface area (Å²) in [5.41, 5.74) is 1.92. The summed E-state index contributed by atoms with van der Waals surface area (Å²) in [4.78, 5) is 15.0. The molecule has 1 aromatic heterocycles. The third kappa shape index (κ3) is 3.35. The Balaban J connectivity index is 1.60. The first-order valence-electron chi connectivity index (χ1n) is 7.51. The van der Waals surface area contributed by atoms with Crippen molar-refractivity contribution in [3.05, 3.63) is 42.1 Å². The van der Waals surface area contributed by atoms with Crippen LogP contribution in [0.4, 0.5) is 0 Å². The van der Waals surface area contributed by atoms with Gasteiger partial charge in [0.15, 0.2) is 0 Å². The smallest absolute Gasteiger partial charge is 0.306 e. The van der Waals surface area contributed by atoms with Crippen LogP contribution in [0.3, 0.4) is 0 Å². The molecule has 7 heteroatoms. The van der Waals surface area contributed by atoms with E-state index in [1.807, 2.05) is 30.3 Å². The summed E-state index contributed by atoms with van der Waals surface area (Å²) in [6.07, 6.45) is 2.68. The number of hydrogen-bond acceptors (Lipinski definition) is 4. The molecule has 0 radical (unpaired) electrons. The van der Waals surface area contributed by atoms with Crippen LogP contribution in [0.2, 0.25) is 0 Å². The molecule has 122 valence electrons. The Morgan fingerprint density at radius 2 is 2.00 bits per heavy atom. The Morgan fingerprint density at radius 3 is 2.74 bits per heavy atom. The lowest BCUT2D eigenvalue weighted by Gasteiger charge is -2.31. The summed E-state index contributed by atoms with van der Waals surface area (Å²) in [5.74, 6) is -1.44. The van der Waals surface area contributed by atoms with Gasteiger partial charge >= 0.3 is 5.97 Å². The minimum Gasteiger partial charge on any atom is -0.481 e. The molecule has 1 aromatic carbocycles. The number of nitrogens with zero attached hydrogens (tertiary/aromatic N) is 1. The lowest BCUT2D eigenvalue weighted by atomic mass is 9.85. The number of benzene rings is 1. The SMILES string of the molecule is O=C(O)C1CC(S(=O)(=O)NCCc2ccnc3ccccc23)C1. The molecule has 0 amide bonds. The number of carbonyl (C=O) groups is 1. The largest absolute Gasteiger partial charge is 0.481 e. The van der Waals surface area contributed by atoms with E-state index in [2.05, 4.69) is 9.71 Å². The highest BCUT2D eigenvalue weighted by molar-refractivity contribution is 7.90. The molecule has 6 nitrogen and oxygen atoms in total. The number of nitrogens with one attached hydrogen (secondary N) is 1. The Bertz CT molecular complexity index is 824. The van der Waals surface area contributed by atoms with E-state index >= 15 is 0 Å². The molecule has 1 heterocycles. The van der Waals surface area contributed by atoms with Gasteiger partial charge in [0, 0.05) is 18.1 Å². The number of carboxylic acids is 1. The average molecular weight is 334 g/mol. The predicted molar refractivity (Wildman–Crippen MR) is 86.5 cm³/mol. The maximum absolute atomic E-state index is 12.1. The highest BCUT2D eigenvalue weighted by atomic mass is 32.2. The number of carboxylic acid groups (broad SMARTS) is 1. The molecule has 1 fully saturated rings. The van der Waals surface area contributed by atoms with Crippen molar-refractivity contribution in [1.29, 1.82) is 0 Å². The number of aromatic nitrogens is 1. The van der Waals surface area contributed by atoms with Gasteiger partial charge in [0.1, 0.15) is 0 Å². The molecule has 1 aliphatic carbocycles. The zero-order chi connectivity index (χ0) is 16.4. The third-order valence-corrected chi connectivity index (χ3v) is 6.19. The van der Waals surface area contributed by atoms with Gasteiger partial charge in [-0.1, -0.05) is 18.2 Å². The van der Waals surface area contributed by atoms with E-state index in [0.29, 0.717) is 13.0 Å². The first-order chi connectivity index (χ1) is 11.0. The number of pyridine rings is 1. The van der Waals surface area contributed by atoms with E-state index in [1.165, 1.54) is 0 Å². The van der Waals surface area contributed by atoms with Gasteiger partial charge in [-0.05, 0) is 37.0 Å². The van der Waals surface area contributed by atoms with Gasteiger partial charge in [-0.3, -0.25) is 9.78 Å². The minimum atomic E-state index is -3.44. The van der Waals surface area contributed by atoms with Gasteiger partial charge in [0.2, 0.25) is 10.0 Å². The maximum atomic E-state index is 12.1. The summed E-state index contributed by atoms with van der Waals surface area (Å²) < 4.78 is 26.8. The quantitative estimate of drug-likeness (QED) is 0.836. The molecule has 2 aromatic rings. The van der Waals surface area contributed by atoms with E-state index in [1.54, 1.807) is 6.20 Å². The molecule has 2 N–H and O–H groups in total. The lowest BCUT2D eigenvalue weighted by molar-refractivity contribution is -0.144. The second kappa shape index (κ2) is 6.25. The molecule has 1 saturated carbocycles. The van der Waals surface area contributed by atoms with Crippen LogP contribution in [0, 0.1) is 5.92 Å². The van der Waals surface area contributed by atoms with Gasteiger partial charge in [-0.15, -0.1) is 0 Å². The van der Waals surface area contributed by atoms with Gasteiger partial charge in [0.05, 0.1) is 16.7 Å². The highest BCUT2D eigenvalue weighted by Gasteiger charge is 2.42. The van der Waals surface area contributed by atoms with Crippen LogP contribution in [0.25, 0.3) is 10.9 Å². The third-order valence-electron chi connectivity index (χ3n) is 4.32. The molecule has 3 rings (SSSR count). The zero-order valence-corrected chi connectivity index (χ0v) is 13.3. The van der Waals surface area contributed by atoms with E-state index in [4.69, 9.17) is 5.11 Å². The Hall–Kier alpha value is -1.99. The molecular formula is C16H18N2O4S. The normalized spacial score (nSPS) is 21.0. The molecule has 0 bridgehead atoms. The number of sulfonamides is 1. The van der Waals surface area contributed by atoms with Crippen molar-refractivity contribution in [2.75, 3.05) is 6.54 Å². The standard InChI is InChI=1S/C16H18N2O4S/c19-16(20)12-9-13(10-12)23(21,22)18-8-6-11-5-7-17-15-4-2-1-3-14(11)15/h1-5,7,12-13,18H,6,8-10H2,(H,19,20). The summed E-state index contributed by atoms with van der Waals surface area (Å²) in [7, 11) is -3.44. The van der Waals surface area contributed by atoms with E-state index in [-0.39, 0.29) is 12.8 Å². The van der Waals surface area contributed by atoms with E-state index in [9.17, 15) is 13.2 Å². The van der Waals surface area contributed by atoms with Gasteiger partial charge in [-0.25, -0.2) is 13.1 Å². The van der Waals surface area contributed by atoms with Crippen molar-refractivity contribution in [2.45, 2.75) is 24.5 Å². The minimum absolute atomic E-state index is 0.197. The first-order valence-corrected chi connectivity index (χ1v) is 9.06. The number of para-hydroxylation sites is 1. The Kier molecular flexibility index (Phi) is 4.32. The fourth-order valence-corrected chi connectivity index (χ4v) is 4.43. The summed E-state index contributed by atoms with van der Waals surface area (Å²) >= 11 is 0. The number of fused-ring (bicyclic) bond motifs is 1. The monoisotopic (exact) mass is 334 g/mol. The topological polar surface area (TPSA) is 96.4 Å². The van der Waals surface area contributed by atoms with Crippen molar-refractivity contribution in [1.82, 2.24) is 9.71 Å². The number of aliphatic carboxylic acids is 1. The second-order valence-corrected chi connectivity index (χ2v) is 7.85. The van der Waals surface area contributed by atoms with Crippen LogP contribution in [-0.2, 0) is 21.2 Å². The predicted octanol–water partition coefficient (Wildman–Crippen LogP) is 1.56. The van der Waals surface area contributed by atoms with Crippen LogP contribution >= 0.6 is 0 Å². The van der Waals surface area contributed by atoms with Crippen LogP contribution in [0.15, 0.2) is 36.5 Å². The maximum Gasteiger partial charge on any atom is 0.306 e. The van der Waals surface area contributed by atoms with Gasteiger partial charge in [0.25, 0.3) is 0 Å². The molecule has 0 saturated heterocycles. The van der Waals surface area contributed by atoms with Crippen molar-refractivity contribution in [2.24, 2.45) is 5.92 Å². The van der Waals surface area contributed by atoms with Crippen molar-refractivity contribution >= 4 is 26.9 Å². The average Bonchev–Trinajstić information content (AvgIpc) is 2.45. The van der Waals surface area contributed by atoms with Crippen LogP contribution in [-0.4, -0.2) is 36.3 Å². The highest BCUT2D eigenvalue weighted by Crippen LogP contribution is 2.32. The van der Waals surface area contributed by atoms with Gasteiger partial charge in [-0.2, -0.15) is 0 Å². The van der Waals surface area contributed by atoms with E-state index in [0.717, 1.165) is 16.5 Å². The van der Waals surface area contributed by atoms with Crippen molar-refractivity contribution in [3.63, 3.8) is 0 Å². The van der Waals surface area contributed by atoms with Crippen LogP contribution in [0.5, 0.6) is 0 Å². The first kappa shape index (κ1) is 15.9. The molecule has 0 unspecified atom stereocenters. The zero-order valence-electron chi connectivity index (χ0n) is 12.5. The lowest BCUT2D eigenvalue weighted by Crippen LogP contribution is -2.45. The molecule has 23 heavy (non-hydrogen) atoms. The second-order valence-electron chi connectivity index (χ2n) is 5.81.